The van der Waals surface area contributed by atoms with Crippen molar-refractivity contribution >= 4 is 27.3 Å². The summed E-state index contributed by atoms with van der Waals surface area (Å²) in [5.74, 6) is 0. The van der Waals surface area contributed by atoms with Crippen LogP contribution in [0.1, 0.15) is 31.6 Å². The first kappa shape index (κ1) is 10.7. The van der Waals surface area contributed by atoms with Gasteiger partial charge in [0, 0.05) is 17.5 Å². The van der Waals surface area contributed by atoms with Crippen LogP contribution in [0, 0.1) is 5.41 Å². The van der Waals surface area contributed by atoms with Gasteiger partial charge in [-0.05, 0) is 53.2 Å². The molecule has 1 aromatic heterocycles. The first-order chi connectivity index (χ1) is 6.60. The van der Waals surface area contributed by atoms with Crippen LogP contribution in [-0.2, 0) is 6.54 Å². The maximum Gasteiger partial charge on any atom is 0.0701 e. The number of rotatable bonds is 4. The van der Waals surface area contributed by atoms with E-state index in [0.717, 1.165) is 6.54 Å². The molecule has 0 aromatic carbocycles. The fourth-order valence-corrected chi connectivity index (χ4v) is 3.01. The van der Waals surface area contributed by atoms with Crippen molar-refractivity contribution in [3.63, 3.8) is 0 Å². The number of nitrogens with one attached hydrogen (secondary N) is 1. The largest absolute Gasteiger partial charge is 0.309 e. The molecule has 0 aliphatic heterocycles. The second-order valence-electron chi connectivity index (χ2n) is 4.46. The molecular weight excluding hydrogens is 258 g/mol. The van der Waals surface area contributed by atoms with Crippen LogP contribution in [0.3, 0.4) is 0 Å². The fourth-order valence-electron chi connectivity index (χ4n) is 1.58. The van der Waals surface area contributed by atoms with Crippen LogP contribution in [0.2, 0.25) is 0 Å². The molecule has 1 fully saturated rings. The van der Waals surface area contributed by atoms with Gasteiger partial charge in [0.25, 0.3) is 0 Å². The first-order valence-electron chi connectivity index (χ1n) is 5.08. The highest BCUT2D eigenvalue weighted by Gasteiger charge is 2.42. The lowest BCUT2D eigenvalue weighted by atomic mass is 10.0. The average molecular weight is 274 g/mol. The molecular formula is C11H16BrNS. The van der Waals surface area contributed by atoms with Crippen LogP contribution in [-0.4, -0.2) is 6.04 Å². The Morgan fingerprint density at radius 1 is 1.57 bits per heavy atom. The monoisotopic (exact) mass is 273 g/mol. The third kappa shape index (κ3) is 2.38. The Morgan fingerprint density at radius 3 is 2.79 bits per heavy atom. The van der Waals surface area contributed by atoms with E-state index in [1.54, 1.807) is 0 Å². The van der Waals surface area contributed by atoms with Crippen molar-refractivity contribution in [3.05, 3.63) is 20.8 Å². The minimum Gasteiger partial charge on any atom is -0.309 e. The molecule has 0 spiro atoms. The van der Waals surface area contributed by atoms with Gasteiger partial charge in [0.15, 0.2) is 0 Å². The maximum absolute atomic E-state index is 3.60. The molecule has 1 unspecified atom stereocenters. The van der Waals surface area contributed by atoms with Crippen molar-refractivity contribution in [1.82, 2.24) is 5.32 Å². The van der Waals surface area contributed by atoms with Crippen molar-refractivity contribution < 1.29 is 0 Å². The van der Waals surface area contributed by atoms with Gasteiger partial charge >= 0.3 is 0 Å². The van der Waals surface area contributed by atoms with Gasteiger partial charge in [-0.1, -0.05) is 6.92 Å². The van der Waals surface area contributed by atoms with E-state index in [1.807, 2.05) is 11.3 Å². The Bertz CT molecular complexity index is 317. The van der Waals surface area contributed by atoms with E-state index >= 15 is 0 Å². The van der Waals surface area contributed by atoms with E-state index < -0.39 is 0 Å². The van der Waals surface area contributed by atoms with Gasteiger partial charge in [0.2, 0.25) is 0 Å². The molecule has 0 saturated heterocycles. The van der Waals surface area contributed by atoms with Crippen LogP contribution in [0.4, 0.5) is 0 Å². The zero-order valence-corrected chi connectivity index (χ0v) is 11.0. The molecule has 1 saturated carbocycles. The summed E-state index contributed by atoms with van der Waals surface area (Å²) in [5.41, 5.74) is 0.578. The van der Waals surface area contributed by atoms with Gasteiger partial charge in [-0.3, -0.25) is 0 Å². The second-order valence-corrected chi connectivity index (χ2v) is 7.01. The van der Waals surface area contributed by atoms with E-state index in [-0.39, 0.29) is 0 Å². The molecule has 1 aliphatic carbocycles. The SMILES string of the molecule is CC(NCc1ccc(Br)s1)C1(C)CC1. The molecule has 1 atom stereocenters. The summed E-state index contributed by atoms with van der Waals surface area (Å²) in [6.45, 7) is 5.68. The van der Waals surface area contributed by atoms with Gasteiger partial charge in [-0.15, -0.1) is 11.3 Å². The highest BCUT2D eigenvalue weighted by molar-refractivity contribution is 9.11. The third-order valence-electron chi connectivity index (χ3n) is 3.30. The summed E-state index contributed by atoms with van der Waals surface area (Å²) in [4.78, 5) is 1.41. The summed E-state index contributed by atoms with van der Waals surface area (Å²) in [6, 6.07) is 4.94. The van der Waals surface area contributed by atoms with Crippen LogP contribution in [0.5, 0.6) is 0 Å². The molecule has 0 amide bonds. The van der Waals surface area contributed by atoms with Crippen LogP contribution in [0.15, 0.2) is 15.9 Å². The molecule has 1 heterocycles. The Balaban J connectivity index is 1.82. The Morgan fingerprint density at radius 2 is 2.29 bits per heavy atom. The van der Waals surface area contributed by atoms with E-state index in [4.69, 9.17) is 0 Å². The second kappa shape index (κ2) is 3.95. The van der Waals surface area contributed by atoms with Crippen LogP contribution < -0.4 is 5.32 Å². The highest BCUT2D eigenvalue weighted by Crippen LogP contribution is 2.48. The van der Waals surface area contributed by atoms with Crippen molar-refractivity contribution in [3.8, 4) is 0 Å². The van der Waals surface area contributed by atoms with E-state index in [1.165, 1.54) is 21.5 Å². The van der Waals surface area contributed by atoms with E-state index in [0.29, 0.717) is 11.5 Å². The lowest BCUT2D eigenvalue weighted by Gasteiger charge is -2.19. The molecule has 1 aromatic rings. The predicted molar refractivity (Wildman–Crippen MR) is 65.7 cm³/mol. The third-order valence-corrected chi connectivity index (χ3v) is 4.92. The van der Waals surface area contributed by atoms with Gasteiger partial charge in [0.1, 0.15) is 0 Å². The molecule has 1 nitrogen and oxygen atoms in total. The van der Waals surface area contributed by atoms with Crippen LogP contribution in [0.25, 0.3) is 0 Å². The number of halogens is 1. The number of thiophene rings is 1. The van der Waals surface area contributed by atoms with Crippen molar-refractivity contribution in [2.45, 2.75) is 39.3 Å². The first-order valence-corrected chi connectivity index (χ1v) is 6.69. The average Bonchev–Trinajstić information content (AvgIpc) is 2.76. The molecule has 3 heteroatoms. The fraction of sp³-hybridized carbons (Fsp3) is 0.636. The van der Waals surface area contributed by atoms with Crippen LogP contribution >= 0.6 is 27.3 Å². The predicted octanol–water partition coefficient (Wildman–Crippen LogP) is 3.79. The summed E-state index contributed by atoms with van der Waals surface area (Å²) < 4.78 is 1.22. The molecule has 0 bridgehead atoms. The zero-order chi connectivity index (χ0) is 10.2. The minimum atomic E-state index is 0.578. The summed E-state index contributed by atoms with van der Waals surface area (Å²) in [5, 5.41) is 3.60. The van der Waals surface area contributed by atoms with E-state index in [2.05, 4.69) is 47.2 Å². The minimum absolute atomic E-state index is 0.578. The normalized spacial score (nSPS) is 20.8. The smallest absolute Gasteiger partial charge is 0.0701 e. The van der Waals surface area contributed by atoms with E-state index in [9.17, 15) is 0 Å². The summed E-state index contributed by atoms with van der Waals surface area (Å²) in [7, 11) is 0. The van der Waals surface area contributed by atoms with Gasteiger partial charge in [-0.25, -0.2) is 0 Å². The number of hydrogen-bond acceptors (Lipinski definition) is 2. The van der Waals surface area contributed by atoms with Gasteiger partial charge in [-0.2, -0.15) is 0 Å². The Labute approximate surface area is 98.0 Å². The summed E-state index contributed by atoms with van der Waals surface area (Å²) in [6.07, 6.45) is 2.77. The molecule has 0 radical (unpaired) electrons. The topological polar surface area (TPSA) is 12.0 Å². The molecule has 1 aliphatic rings. The lowest BCUT2D eigenvalue weighted by Crippen LogP contribution is -2.32. The Kier molecular flexibility index (Phi) is 3.01. The Hall–Kier alpha value is 0.140. The highest BCUT2D eigenvalue weighted by atomic mass is 79.9. The maximum atomic E-state index is 3.60. The van der Waals surface area contributed by atoms with Crippen molar-refractivity contribution in [1.29, 1.82) is 0 Å². The van der Waals surface area contributed by atoms with Gasteiger partial charge in [0.05, 0.1) is 3.79 Å². The van der Waals surface area contributed by atoms with Gasteiger partial charge < -0.3 is 5.32 Å². The summed E-state index contributed by atoms with van der Waals surface area (Å²) >= 11 is 5.30. The molecule has 14 heavy (non-hydrogen) atoms. The molecule has 78 valence electrons. The molecule has 2 rings (SSSR count). The quantitative estimate of drug-likeness (QED) is 0.880. The van der Waals surface area contributed by atoms with Crippen molar-refractivity contribution in [2.75, 3.05) is 0 Å². The molecule has 1 N–H and O–H groups in total. The number of hydrogen-bond donors (Lipinski definition) is 1. The van der Waals surface area contributed by atoms with Crippen molar-refractivity contribution in [2.24, 2.45) is 5.41 Å². The zero-order valence-electron chi connectivity index (χ0n) is 8.64. The lowest BCUT2D eigenvalue weighted by molar-refractivity contribution is 0.381. The standard InChI is InChI=1S/C11H16BrNS/c1-8(11(2)5-6-11)13-7-9-3-4-10(12)14-9/h3-4,8,13H,5-7H2,1-2H3.